The number of amidine groups is 1. The number of hydrogen-bond donors (Lipinski definition) is 2. The summed E-state index contributed by atoms with van der Waals surface area (Å²) in [6.07, 6.45) is 3.27. The molecule has 0 saturated carbocycles. The molecule has 0 amide bonds. The Morgan fingerprint density at radius 2 is 2.00 bits per heavy atom. The van der Waals surface area contributed by atoms with Crippen LogP contribution in [0, 0.1) is 6.92 Å². The van der Waals surface area contributed by atoms with Crippen LogP contribution in [-0.2, 0) is 0 Å². The van der Waals surface area contributed by atoms with Gasteiger partial charge in [0.15, 0.2) is 16.1 Å². The fourth-order valence-electron chi connectivity index (χ4n) is 1.19. The molecule has 2 heterocycles. The van der Waals surface area contributed by atoms with Crippen LogP contribution >= 0.6 is 11.8 Å². The Balaban J connectivity index is 2.31. The summed E-state index contributed by atoms with van der Waals surface area (Å²) in [5.41, 5.74) is 6.57. The molecule has 18 heavy (non-hydrogen) atoms. The van der Waals surface area contributed by atoms with E-state index in [-0.39, 0.29) is 5.84 Å². The summed E-state index contributed by atoms with van der Waals surface area (Å²) in [6, 6.07) is 3.36. The lowest BCUT2D eigenvalue weighted by atomic mass is 10.3. The first-order chi connectivity index (χ1) is 8.69. The summed E-state index contributed by atoms with van der Waals surface area (Å²) in [7, 11) is 0. The van der Waals surface area contributed by atoms with Crippen LogP contribution in [0.4, 0.5) is 0 Å². The van der Waals surface area contributed by atoms with Crippen LogP contribution in [0.25, 0.3) is 0 Å². The third-order valence-corrected chi connectivity index (χ3v) is 2.69. The van der Waals surface area contributed by atoms with E-state index in [1.54, 1.807) is 31.5 Å². The predicted molar refractivity (Wildman–Crippen MR) is 65.4 cm³/mol. The van der Waals surface area contributed by atoms with Crippen molar-refractivity contribution >= 4 is 17.6 Å². The van der Waals surface area contributed by atoms with Crippen molar-refractivity contribution in [1.82, 2.24) is 19.9 Å². The van der Waals surface area contributed by atoms with Crippen molar-refractivity contribution in [3.8, 4) is 0 Å². The summed E-state index contributed by atoms with van der Waals surface area (Å²) >= 11 is 1.21. The molecular weight excluding hydrogens is 252 g/mol. The van der Waals surface area contributed by atoms with Crippen LogP contribution in [0.3, 0.4) is 0 Å². The minimum atomic E-state index is -0.0590. The molecule has 0 aliphatic rings. The average molecular weight is 262 g/mol. The van der Waals surface area contributed by atoms with Gasteiger partial charge in [-0.2, -0.15) is 0 Å². The largest absolute Gasteiger partial charge is 0.409 e. The highest BCUT2D eigenvalue weighted by Gasteiger charge is 2.08. The van der Waals surface area contributed by atoms with Gasteiger partial charge in [-0.15, -0.1) is 0 Å². The second-order valence-corrected chi connectivity index (χ2v) is 4.23. The van der Waals surface area contributed by atoms with E-state index in [1.807, 2.05) is 0 Å². The number of oxime groups is 1. The molecule has 0 unspecified atom stereocenters. The normalized spacial score (nSPS) is 11.5. The van der Waals surface area contributed by atoms with Gasteiger partial charge in [0, 0.05) is 18.1 Å². The van der Waals surface area contributed by atoms with Gasteiger partial charge in [-0.3, -0.25) is 0 Å². The third kappa shape index (κ3) is 2.92. The van der Waals surface area contributed by atoms with Gasteiger partial charge < -0.3 is 10.9 Å². The Hall–Kier alpha value is -2.22. The summed E-state index contributed by atoms with van der Waals surface area (Å²) in [5, 5.41) is 12.5. The molecular formula is C10H10N6OS. The second kappa shape index (κ2) is 5.41. The zero-order valence-corrected chi connectivity index (χ0v) is 10.3. The topological polar surface area (TPSA) is 110 Å². The highest BCUT2D eigenvalue weighted by molar-refractivity contribution is 7.99. The highest BCUT2D eigenvalue weighted by Crippen LogP contribution is 2.20. The van der Waals surface area contributed by atoms with Crippen molar-refractivity contribution in [3.05, 3.63) is 35.9 Å². The van der Waals surface area contributed by atoms with Crippen molar-refractivity contribution in [2.75, 3.05) is 0 Å². The van der Waals surface area contributed by atoms with Crippen molar-refractivity contribution in [2.24, 2.45) is 10.9 Å². The van der Waals surface area contributed by atoms with Crippen LogP contribution in [0.15, 0.2) is 40.0 Å². The summed E-state index contributed by atoms with van der Waals surface area (Å²) in [4.78, 5) is 16.5. The molecule has 0 atom stereocenters. The van der Waals surface area contributed by atoms with Gasteiger partial charge in [0.05, 0.1) is 0 Å². The Morgan fingerprint density at radius 3 is 2.67 bits per heavy atom. The van der Waals surface area contributed by atoms with Gasteiger partial charge in [0.1, 0.15) is 5.69 Å². The summed E-state index contributed by atoms with van der Waals surface area (Å²) in [5.74, 6) is -0.0590. The van der Waals surface area contributed by atoms with E-state index in [0.29, 0.717) is 21.7 Å². The van der Waals surface area contributed by atoms with Crippen molar-refractivity contribution in [3.63, 3.8) is 0 Å². The lowest BCUT2D eigenvalue weighted by Crippen LogP contribution is -2.16. The van der Waals surface area contributed by atoms with E-state index in [1.165, 1.54) is 11.8 Å². The molecule has 0 aliphatic heterocycles. The van der Waals surface area contributed by atoms with Crippen molar-refractivity contribution in [2.45, 2.75) is 17.2 Å². The molecule has 92 valence electrons. The van der Waals surface area contributed by atoms with Crippen LogP contribution in [0.2, 0.25) is 0 Å². The zero-order valence-electron chi connectivity index (χ0n) is 9.48. The first-order valence-electron chi connectivity index (χ1n) is 4.97. The minimum Gasteiger partial charge on any atom is -0.409 e. The third-order valence-electron chi connectivity index (χ3n) is 1.93. The van der Waals surface area contributed by atoms with E-state index < -0.39 is 0 Å². The van der Waals surface area contributed by atoms with E-state index in [4.69, 9.17) is 10.9 Å². The molecule has 2 aromatic rings. The van der Waals surface area contributed by atoms with Crippen LogP contribution < -0.4 is 5.73 Å². The summed E-state index contributed by atoms with van der Waals surface area (Å²) in [6.45, 7) is 1.80. The number of hydrogen-bond acceptors (Lipinski definition) is 7. The number of rotatable bonds is 3. The van der Waals surface area contributed by atoms with E-state index in [9.17, 15) is 0 Å². The fourth-order valence-corrected chi connectivity index (χ4v) is 1.91. The van der Waals surface area contributed by atoms with E-state index in [2.05, 4.69) is 25.1 Å². The van der Waals surface area contributed by atoms with Gasteiger partial charge in [0.2, 0.25) is 0 Å². The molecule has 0 fully saturated rings. The lowest BCUT2D eigenvalue weighted by Gasteiger charge is -2.03. The first-order valence-corrected chi connectivity index (χ1v) is 5.79. The number of nitrogens with two attached hydrogens (primary N) is 1. The smallest absolute Gasteiger partial charge is 0.196 e. The zero-order chi connectivity index (χ0) is 13.0. The van der Waals surface area contributed by atoms with Crippen LogP contribution in [0.1, 0.15) is 11.4 Å². The highest BCUT2D eigenvalue weighted by atomic mass is 32.2. The molecule has 2 aromatic heterocycles. The maximum absolute atomic E-state index is 8.63. The van der Waals surface area contributed by atoms with Crippen LogP contribution in [0.5, 0.6) is 0 Å². The van der Waals surface area contributed by atoms with Crippen LogP contribution in [-0.4, -0.2) is 31.0 Å². The first kappa shape index (κ1) is 12.2. The molecule has 0 aromatic carbocycles. The van der Waals surface area contributed by atoms with Crippen molar-refractivity contribution < 1.29 is 5.21 Å². The summed E-state index contributed by atoms with van der Waals surface area (Å²) < 4.78 is 0. The Kier molecular flexibility index (Phi) is 3.68. The molecule has 0 saturated heterocycles. The average Bonchev–Trinajstić information content (AvgIpc) is 2.38. The standard InChI is InChI=1S/C10H10N6OS/c1-6-5-7(8(11)16-17)15-10(14-6)18-9-12-3-2-4-13-9/h2-5,17H,1H3,(H2,11,16). The molecule has 0 radical (unpaired) electrons. The van der Waals surface area contributed by atoms with Gasteiger partial charge in [-0.25, -0.2) is 19.9 Å². The number of nitrogens with zero attached hydrogens (tertiary/aromatic N) is 5. The van der Waals surface area contributed by atoms with Gasteiger partial charge in [-0.1, -0.05) is 5.16 Å². The molecule has 7 nitrogen and oxygen atoms in total. The quantitative estimate of drug-likeness (QED) is 0.277. The SMILES string of the molecule is Cc1cc(/C(N)=N/O)nc(Sc2ncccn2)n1. The van der Waals surface area contributed by atoms with Crippen molar-refractivity contribution in [1.29, 1.82) is 0 Å². The Morgan fingerprint density at radius 1 is 1.28 bits per heavy atom. The molecule has 8 heteroatoms. The Bertz CT molecular complexity index is 574. The molecule has 0 aliphatic carbocycles. The van der Waals surface area contributed by atoms with Gasteiger partial charge in [-0.05, 0) is 30.8 Å². The molecule has 2 rings (SSSR count). The minimum absolute atomic E-state index is 0.0590. The molecule has 0 bridgehead atoms. The monoisotopic (exact) mass is 262 g/mol. The van der Waals surface area contributed by atoms with Gasteiger partial charge >= 0.3 is 0 Å². The maximum Gasteiger partial charge on any atom is 0.196 e. The Labute approximate surface area is 107 Å². The number of aromatic nitrogens is 4. The predicted octanol–water partition coefficient (Wildman–Crippen LogP) is 0.821. The lowest BCUT2D eigenvalue weighted by molar-refractivity contribution is 0.318. The van der Waals surface area contributed by atoms with E-state index >= 15 is 0 Å². The van der Waals surface area contributed by atoms with E-state index in [0.717, 1.165) is 0 Å². The molecule has 3 N–H and O–H groups in total. The second-order valence-electron chi connectivity index (χ2n) is 3.30. The fraction of sp³-hybridized carbons (Fsp3) is 0.100. The number of aryl methyl sites for hydroxylation is 1. The van der Waals surface area contributed by atoms with Gasteiger partial charge in [0.25, 0.3) is 0 Å². The molecule has 0 spiro atoms. The maximum atomic E-state index is 8.63.